The van der Waals surface area contributed by atoms with E-state index >= 15 is 0 Å². The molecule has 0 spiro atoms. The number of nitrogens with one attached hydrogen (secondary N) is 1. The highest BCUT2D eigenvalue weighted by atomic mass is 19.1. The maximum atomic E-state index is 14.0. The van der Waals surface area contributed by atoms with Gasteiger partial charge in [-0.2, -0.15) is 5.10 Å². The zero-order valence-electron chi connectivity index (χ0n) is 17.2. The van der Waals surface area contributed by atoms with E-state index in [-0.39, 0.29) is 17.4 Å². The van der Waals surface area contributed by atoms with Crippen molar-refractivity contribution in [1.82, 2.24) is 20.0 Å². The summed E-state index contributed by atoms with van der Waals surface area (Å²) >= 11 is 0. The molecule has 1 saturated heterocycles. The number of rotatable bonds is 6. The minimum Gasteiger partial charge on any atom is -0.347 e. The Kier molecular flexibility index (Phi) is 6.23. The van der Waals surface area contributed by atoms with Crippen molar-refractivity contribution < 1.29 is 9.18 Å². The Labute approximate surface area is 176 Å². The van der Waals surface area contributed by atoms with Gasteiger partial charge in [-0.15, -0.1) is 0 Å². The molecule has 1 aliphatic heterocycles. The predicted molar refractivity (Wildman–Crippen MR) is 115 cm³/mol. The third kappa shape index (κ3) is 4.60. The summed E-state index contributed by atoms with van der Waals surface area (Å²) in [6.07, 6.45) is 5.38. The van der Waals surface area contributed by atoms with Gasteiger partial charge >= 0.3 is 0 Å². The number of hydrogen-bond donors (Lipinski definition) is 1. The van der Waals surface area contributed by atoms with Crippen LogP contribution in [-0.4, -0.2) is 33.2 Å². The molecule has 4 rings (SSSR count). The smallest absolute Gasteiger partial charge is 0.272 e. The molecule has 1 aromatic heterocycles. The molecule has 6 heteroatoms. The summed E-state index contributed by atoms with van der Waals surface area (Å²) in [5, 5.41) is 7.19. The van der Waals surface area contributed by atoms with Crippen molar-refractivity contribution in [2.75, 3.05) is 6.54 Å². The summed E-state index contributed by atoms with van der Waals surface area (Å²) in [6.45, 7) is 4.74. The Morgan fingerprint density at radius 2 is 1.87 bits per heavy atom. The zero-order chi connectivity index (χ0) is 20.9. The second-order valence-electron chi connectivity index (χ2n) is 7.86. The van der Waals surface area contributed by atoms with Crippen molar-refractivity contribution in [2.24, 2.45) is 0 Å². The predicted octanol–water partition coefficient (Wildman–Crippen LogP) is 4.32. The summed E-state index contributed by atoms with van der Waals surface area (Å²) in [5.41, 5.74) is 2.93. The number of carbonyl (C=O) groups is 1. The maximum absolute atomic E-state index is 14.0. The highest BCUT2D eigenvalue weighted by molar-refractivity contribution is 5.92. The van der Waals surface area contributed by atoms with Crippen LogP contribution in [0.25, 0.3) is 5.69 Å². The number of nitrogens with zero attached hydrogens (tertiary/aromatic N) is 3. The van der Waals surface area contributed by atoms with Crippen LogP contribution in [0.1, 0.15) is 47.8 Å². The van der Waals surface area contributed by atoms with Gasteiger partial charge in [0.1, 0.15) is 11.5 Å². The molecule has 1 aliphatic rings. The number of hydrogen-bond acceptors (Lipinski definition) is 3. The van der Waals surface area contributed by atoms with Crippen LogP contribution in [0.5, 0.6) is 0 Å². The topological polar surface area (TPSA) is 50.2 Å². The molecule has 30 heavy (non-hydrogen) atoms. The minimum atomic E-state index is -0.381. The molecular formula is C24H27FN4O. The molecule has 1 unspecified atom stereocenters. The Morgan fingerprint density at radius 3 is 2.67 bits per heavy atom. The maximum Gasteiger partial charge on any atom is 0.272 e. The molecule has 2 aromatic carbocycles. The number of carbonyl (C=O) groups excluding carboxylic acids is 1. The van der Waals surface area contributed by atoms with Crippen molar-refractivity contribution in [2.45, 2.75) is 45.3 Å². The first-order chi connectivity index (χ1) is 14.6. The van der Waals surface area contributed by atoms with Crippen LogP contribution < -0.4 is 5.32 Å². The summed E-state index contributed by atoms with van der Waals surface area (Å²) in [5.74, 6) is -0.653. The van der Waals surface area contributed by atoms with Gasteiger partial charge in [0.2, 0.25) is 0 Å². The van der Waals surface area contributed by atoms with E-state index in [1.54, 1.807) is 30.5 Å². The molecule has 156 valence electrons. The second-order valence-corrected chi connectivity index (χ2v) is 7.86. The first kappa shape index (κ1) is 20.3. The van der Waals surface area contributed by atoms with Crippen molar-refractivity contribution in [1.29, 1.82) is 0 Å². The third-order valence-electron chi connectivity index (χ3n) is 5.79. The van der Waals surface area contributed by atoms with Crippen molar-refractivity contribution in [3.63, 3.8) is 0 Å². The van der Waals surface area contributed by atoms with Gasteiger partial charge in [-0.1, -0.05) is 42.8 Å². The van der Waals surface area contributed by atoms with Crippen LogP contribution in [-0.2, 0) is 13.1 Å². The van der Waals surface area contributed by atoms with Crippen LogP contribution >= 0.6 is 0 Å². The quantitative estimate of drug-likeness (QED) is 0.663. The standard InChI is InChI=1S/C24H27FN4O/c1-18-8-6-7-14-28(18)17-20-10-3-2-9-19(20)16-26-24(30)22-13-15-29(27-22)23-12-5-4-11-21(23)25/h2-5,9-13,15,18H,6-8,14,16-17H2,1H3,(H,26,30). The molecule has 2 heterocycles. The van der Waals surface area contributed by atoms with Gasteiger partial charge in [0.25, 0.3) is 5.91 Å². The molecule has 3 aromatic rings. The van der Waals surface area contributed by atoms with Crippen LogP contribution in [0.15, 0.2) is 60.8 Å². The fourth-order valence-electron chi connectivity index (χ4n) is 3.98. The molecule has 0 bridgehead atoms. The summed E-state index contributed by atoms with van der Waals surface area (Å²) in [4.78, 5) is 15.1. The monoisotopic (exact) mass is 406 g/mol. The minimum absolute atomic E-state index is 0.264. The van der Waals surface area contributed by atoms with Gasteiger partial charge in [-0.25, -0.2) is 9.07 Å². The Balaban J connectivity index is 1.42. The number of amides is 1. The van der Waals surface area contributed by atoms with Gasteiger partial charge in [-0.05, 0) is 55.6 Å². The van der Waals surface area contributed by atoms with Crippen molar-refractivity contribution in [3.8, 4) is 5.69 Å². The molecule has 1 atom stereocenters. The van der Waals surface area contributed by atoms with E-state index in [4.69, 9.17) is 0 Å². The average molecular weight is 407 g/mol. The highest BCUT2D eigenvalue weighted by Crippen LogP contribution is 2.21. The molecule has 1 amide bonds. The van der Waals surface area contributed by atoms with E-state index < -0.39 is 0 Å². The van der Waals surface area contributed by atoms with Crippen molar-refractivity contribution in [3.05, 3.63) is 83.4 Å². The van der Waals surface area contributed by atoms with Gasteiger partial charge in [0, 0.05) is 25.3 Å². The number of para-hydroxylation sites is 1. The average Bonchev–Trinajstić information content (AvgIpc) is 3.25. The number of aromatic nitrogens is 2. The highest BCUT2D eigenvalue weighted by Gasteiger charge is 2.19. The van der Waals surface area contributed by atoms with Crippen LogP contribution in [0.3, 0.4) is 0 Å². The summed E-state index contributed by atoms with van der Waals surface area (Å²) < 4.78 is 15.3. The number of likely N-dealkylation sites (tertiary alicyclic amines) is 1. The Hall–Kier alpha value is -2.99. The van der Waals surface area contributed by atoms with Gasteiger partial charge < -0.3 is 5.32 Å². The van der Waals surface area contributed by atoms with Gasteiger partial charge in [0.05, 0.1) is 0 Å². The first-order valence-electron chi connectivity index (χ1n) is 10.5. The van der Waals surface area contributed by atoms with Crippen LogP contribution in [0.2, 0.25) is 0 Å². The molecule has 0 aliphatic carbocycles. The molecule has 0 saturated carbocycles. The van der Waals surface area contributed by atoms with E-state index in [9.17, 15) is 9.18 Å². The molecular weight excluding hydrogens is 379 g/mol. The van der Waals surface area contributed by atoms with E-state index in [2.05, 4.69) is 34.4 Å². The zero-order valence-corrected chi connectivity index (χ0v) is 17.2. The summed E-state index contributed by atoms with van der Waals surface area (Å²) in [6, 6.07) is 16.8. The van der Waals surface area contributed by atoms with E-state index in [1.165, 1.54) is 35.6 Å². The lowest BCUT2D eigenvalue weighted by Gasteiger charge is -2.33. The Bertz CT molecular complexity index is 1020. The van der Waals surface area contributed by atoms with E-state index in [1.807, 2.05) is 12.1 Å². The van der Waals surface area contributed by atoms with Gasteiger partial charge in [-0.3, -0.25) is 9.69 Å². The molecule has 0 radical (unpaired) electrons. The summed E-state index contributed by atoms with van der Waals surface area (Å²) in [7, 11) is 0. The molecule has 1 N–H and O–H groups in total. The molecule has 5 nitrogen and oxygen atoms in total. The lowest BCUT2D eigenvalue weighted by Crippen LogP contribution is -2.37. The Morgan fingerprint density at radius 1 is 1.10 bits per heavy atom. The first-order valence-corrected chi connectivity index (χ1v) is 10.5. The van der Waals surface area contributed by atoms with E-state index in [0.717, 1.165) is 18.7 Å². The fraction of sp³-hybridized carbons (Fsp3) is 0.333. The van der Waals surface area contributed by atoms with Crippen molar-refractivity contribution >= 4 is 5.91 Å². The SMILES string of the molecule is CC1CCCCN1Cc1ccccc1CNC(=O)c1ccn(-c2ccccc2F)n1. The lowest BCUT2D eigenvalue weighted by atomic mass is 10.0. The third-order valence-corrected chi connectivity index (χ3v) is 5.79. The van der Waals surface area contributed by atoms with Crippen LogP contribution in [0, 0.1) is 5.82 Å². The second kappa shape index (κ2) is 9.22. The van der Waals surface area contributed by atoms with E-state index in [0.29, 0.717) is 18.3 Å². The van der Waals surface area contributed by atoms with Gasteiger partial charge in [0.15, 0.2) is 5.69 Å². The fourth-order valence-corrected chi connectivity index (χ4v) is 3.98. The normalized spacial score (nSPS) is 17.1. The number of halogens is 1. The number of piperidine rings is 1. The lowest BCUT2D eigenvalue weighted by molar-refractivity contribution is 0.0945. The van der Waals surface area contributed by atoms with Crippen LogP contribution in [0.4, 0.5) is 4.39 Å². The molecule has 1 fully saturated rings. The largest absolute Gasteiger partial charge is 0.347 e. The number of benzene rings is 2.